The van der Waals surface area contributed by atoms with Gasteiger partial charge in [0, 0.05) is 0 Å². The summed E-state index contributed by atoms with van der Waals surface area (Å²) in [4.78, 5) is 4.23. The summed E-state index contributed by atoms with van der Waals surface area (Å²) in [6.45, 7) is 3.65. The van der Waals surface area contributed by atoms with E-state index in [1.54, 1.807) is 13.2 Å². The predicted octanol–water partition coefficient (Wildman–Crippen LogP) is -0.987. The van der Waals surface area contributed by atoms with Gasteiger partial charge in [-0.15, -0.1) is 12.6 Å². The SMILES string of the molecule is C=CCCc1c[c-]cc(OC)n1.[Li+]. The fourth-order valence-corrected chi connectivity index (χ4v) is 0.898. The number of allylic oxidation sites excluding steroid dienone is 1. The van der Waals surface area contributed by atoms with E-state index >= 15 is 0 Å². The average molecular weight is 169 g/mol. The summed E-state index contributed by atoms with van der Waals surface area (Å²) in [5.74, 6) is 0.622. The van der Waals surface area contributed by atoms with E-state index in [0.29, 0.717) is 5.88 Å². The van der Waals surface area contributed by atoms with Gasteiger partial charge in [0.25, 0.3) is 0 Å². The molecule has 13 heavy (non-hydrogen) atoms. The van der Waals surface area contributed by atoms with Crippen molar-refractivity contribution >= 4 is 0 Å². The van der Waals surface area contributed by atoms with Crippen LogP contribution in [0.3, 0.4) is 0 Å². The minimum absolute atomic E-state index is 0. The van der Waals surface area contributed by atoms with Gasteiger partial charge in [-0.25, -0.2) is 0 Å². The molecule has 0 aliphatic carbocycles. The molecule has 0 amide bonds. The van der Waals surface area contributed by atoms with Crippen molar-refractivity contribution in [1.29, 1.82) is 0 Å². The van der Waals surface area contributed by atoms with Crippen molar-refractivity contribution in [2.45, 2.75) is 12.8 Å². The van der Waals surface area contributed by atoms with E-state index in [9.17, 15) is 0 Å². The third-order valence-corrected chi connectivity index (χ3v) is 1.52. The second-order valence-electron chi connectivity index (χ2n) is 2.43. The molecule has 1 rings (SSSR count). The van der Waals surface area contributed by atoms with E-state index in [2.05, 4.69) is 17.6 Å². The van der Waals surface area contributed by atoms with Crippen molar-refractivity contribution in [2.24, 2.45) is 0 Å². The fraction of sp³-hybridized carbons (Fsp3) is 0.300. The molecular weight excluding hydrogens is 157 g/mol. The number of aryl methyl sites for hydroxylation is 1. The Bertz CT molecular complexity index is 263. The van der Waals surface area contributed by atoms with Crippen molar-refractivity contribution in [3.8, 4) is 5.88 Å². The van der Waals surface area contributed by atoms with Gasteiger partial charge in [0.2, 0.25) is 0 Å². The number of methoxy groups -OCH3 is 1. The van der Waals surface area contributed by atoms with Gasteiger partial charge < -0.3 is 9.72 Å². The Balaban J connectivity index is 0.00000144. The van der Waals surface area contributed by atoms with Crippen LogP contribution in [-0.2, 0) is 6.42 Å². The van der Waals surface area contributed by atoms with E-state index in [0.717, 1.165) is 18.5 Å². The topological polar surface area (TPSA) is 22.1 Å². The van der Waals surface area contributed by atoms with Crippen LogP contribution in [-0.4, -0.2) is 12.1 Å². The number of rotatable bonds is 4. The molecular formula is C10H12LiNO. The molecule has 0 unspecified atom stereocenters. The second kappa shape index (κ2) is 6.77. The maximum absolute atomic E-state index is 4.97. The molecule has 1 aromatic rings. The summed E-state index contributed by atoms with van der Waals surface area (Å²) < 4.78 is 4.97. The Morgan fingerprint density at radius 3 is 3.00 bits per heavy atom. The van der Waals surface area contributed by atoms with Crippen LogP contribution in [0, 0.1) is 6.07 Å². The summed E-state index contributed by atoms with van der Waals surface area (Å²) in [6.07, 6.45) is 3.71. The molecule has 0 aliphatic heterocycles. The third kappa shape index (κ3) is 4.17. The van der Waals surface area contributed by atoms with E-state index in [1.807, 2.05) is 12.1 Å². The van der Waals surface area contributed by atoms with Gasteiger partial charge >= 0.3 is 18.9 Å². The Labute approximate surface area is 91.2 Å². The van der Waals surface area contributed by atoms with Crippen molar-refractivity contribution in [2.75, 3.05) is 7.11 Å². The second-order valence-corrected chi connectivity index (χ2v) is 2.43. The van der Waals surface area contributed by atoms with Gasteiger partial charge in [0.1, 0.15) is 0 Å². The molecule has 0 bridgehead atoms. The van der Waals surface area contributed by atoms with Gasteiger partial charge in [-0.05, 0) is 6.42 Å². The average Bonchev–Trinajstić information content (AvgIpc) is 2.15. The fourth-order valence-electron chi connectivity index (χ4n) is 0.898. The molecule has 0 atom stereocenters. The molecule has 0 spiro atoms. The molecule has 0 saturated heterocycles. The zero-order valence-corrected chi connectivity index (χ0v) is 8.21. The first-order chi connectivity index (χ1) is 5.86. The molecule has 0 radical (unpaired) electrons. The van der Waals surface area contributed by atoms with E-state index < -0.39 is 0 Å². The predicted molar refractivity (Wildman–Crippen MR) is 48.1 cm³/mol. The quantitative estimate of drug-likeness (QED) is 0.328. The van der Waals surface area contributed by atoms with E-state index in [1.165, 1.54) is 0 Å². The van der Waals surface area contributed by atoms with Crippen molar-refractivity contribution < 1.29 is 23.6 Å². The van der Waals surface area contributed by atoms with Gasteiger partial charge in [0.15, 0.2) is 0 Å². The molecule has 64 valence electrons. The molecule has 0 aliphatic rings. The molecule has 0 aromatic carbocycles. The number of hydrogen-bond acceptors (Lipinski definition) is 2. The number of aromatic nitrogens is 1. The number of hydrogen-bond donors (Lipinski definition) is 0. The van der Waals surface area contributed by atoms with Crippen LogP contribution in [0.1, 0.15) is 12.1 Å². The summed E-state index contributed by atoms with van der Waals surface area (Å²) >= 11 is 0. The zero-order chi connectivity index (χ0) is 8.81. The molecule has 0 saturated carbocycles. The Kier molecular flexibility index (Phi) is 6.40. The Morgan fingerprint density at radius 2 is 2.38 bits per heavy atom. The van der Waals surface area contributed by atoms with E-state index in [4.69, 9.17) is 4.74 Å². The minimum Gasteiger partial charge on any atom is -0.538 e. The van der Waals surface area contributed by atoms with Crippen molar-refractivity contribution in [1.82, 2.24) is 4.98 Å². The third-order valence-electron chi connectivity index (χ3n) is 1.52. The first kappa shape index (κ1) is 12.3. The standard InChI is InChI=1S/C10H12NO.Li/c1-3-4-6-9-7-5-8-10(11-9)12-2;/h3,7-8H,1,4,6H2,2H3;/q-1;+1. The van der Waals surface area contributed by atoms with Gasteiger partial charge in [-0.2, -0.15) is 12.1 Å². The molecule has 1 aromatic heterocycles. The van der Waals surface area contributed by atoms with Crippen molar-refractivity contribution in [3.05, 3.63) is 36.5 Å². The van der Waals surface area contributed by atoms with Crippen LogP contribution in [0.15, 0.2) is 24.8 Å². The molecule has 0 N–H and O–H groups in total. The van der Waals surface area contributed by atoms with Crippen LogP contribution in [0.2, 0.25) is 0 Å². The maximum Gasteiger partial charge on any atom is 1.00 e. The smallest absolute Gasteiger partial charge is 0.538 e. The van der Waals surface area contributed by atoms with E-state index in [-0.39, 0.29) is 18.9 Å². The first-order valence-electron chi connectivity index (χ1n) is 3.88. The number of ether oxygens (including phenoxy) is 1. The van der Waals surface area contributed by atoms with Crippen LogP contribution in [0.4, 0.5) is 0 Å². The van der Waals surface area contributed by atoms with Crippen LogP contribution >= 0.6 is 0 Å². The summed E-state index contributed by atoms with van der Waals surface area (Å²) in [5, 5.41) is 0. The molecule has 0 fully saturated rings. The van der Waals surface area contributed by atoms with Crippen LogP contribution < -0.4 is 23.6 Å². The van der Waals surface area contributed by atoms with Gasteiger partial charge in [-0.1, -0.05) is 18.2 Å². The van der Waals surface area contributed by atoms with Crippen molar-refractivity contribution in [3.63, 3.8) is 0 Å². The summed E-state index contributed by atoms with van der Waals surface area (Å²) in [7, 11) is 1.60. The summed E-state index contributed by atoms with van der Waals surface area (Å²) in [6, 6.07) is 6.55. The first-order valence-corrected chi connectivity index (χ1v) is 3.88. The largest absolute Gasteiger partial charge is 1.00 e. The minimum atomic E-state index is 0. The Morgan fingerprint density at radius 1 is 1.62 bits per heavy atom. The molecule has 1 heterocycles. The molecule has 2 nitrogen and oxygen atoms in total. The Hall–Kier alpha value is -0.713. The maximum atomic E-state index is 4.97. The molecule has 3 heteroatoms. The van der Waals surface area contributed by atoms with Gasteiger partial charge in [-0.3, -0.25) is 0 Å². The van der Waals surface area contributed by atoms with Crippen LogP contribution in [0.25, 0.3) is 0 Å². The number of pyridine rings is 1. The number of nitrogens with zero attached hydrogens (tertiary/aromatic N) is 1. The summed E-state index contributed by atoms with van der Waals surface area (Å²) in [5.41, 5.74) is 0.995. The normalized spacial score (nSPS) is 8.69. The van der Waals surface area contributed by atoms with Crippen LogP contribution in [0.5, 0.6) is 5.88 Å². The monoisotopic (exact) mass is 169 g/mol. The zero-order valence-electron chi connectivity index (χ0n) is 8.21. The van der Waals surface area contributed by atoms with Gasteiger partial charge in [0.05, 0.1) is 13.0 Å².